The van der Waals surface area contributed by atoms with Crippen molar-refractivity contribution >= 4 is 11.8 Å². The van der Waals surface area contributed by atoms with Gasteiger partial charge >= 0.3 is 6.09 Å². The first-order valence-electron chi connectivity index (χ1n) is 7.56. The van der Waals surface area contributed by atoms with E-state index in [1.807, 2.05) is 19.9 Å². The molecule has 2 unspecified atom stereocenters. The van der Waals surface area contributed by atoms with Crippen molar-refractivity contribution in [2.45, 2.75) is 52.3 Å². The zero-order chi connectivity index (χ0) is 17.6. The van der Waals surface area contributed by atoms with E-state index in [2.05, 4.69) is 10.6 Å². The topological polar surface area (TPSA) is 93.5 Å². The van der Waals surface area contributed by atoms with Gasteiger partial charge in [-0.1, -0.05) is 12.1 Å². The van der Waals surface area contributed by atoms with Crippen LogP contribution in [0.15, 0.2) is 24.3 Å². The van der Waals surface area contributed by atoms with Gasteiger partial charge in [0, 0.05) is 30.8 Å². The van der Waals surface area contributed by atoms with E-state index in [1.165, 1.54) is 6.07 Å². The minimum absolute atomic E-state index is 0.0658. The first kappa shape index (κ1) is 18.9. The Morgan fingerprint density at radius 3 is 2.57 bits per heavy atom. The van der Waals surface area contributed by atoms with Crippen LogP contribution in [0.3, 0.4) is 0 Å². The van der Waals surface area contributed by atoms with Crippen LogP contribution in [-0.4, -0.2) is 29.2 Å². The smallest absolute Gasteiger partial charge is 0.407 e. The van der Waals surface area contributed by atoms with Crippen molar-refractivity contribution in [2.75, 3.05) is 6.54 Å². The molecule has 0 radical (unpaired) electrons. The molecule has 0 spiro atoms. The quantitative estimate of drug-likeness (QED) is 0.619. The zero-order valence-corrected chi connectivity index (χ0v) is 14.3. The summed E-state index contributed by atoms with van der Waals surface area (Å²) in [6.45, 7) is 9.71. The van der Waals surface area contributed by atoms with E-state index in [0.29, 0.717) is 6.54 Å². The SMILES string of the molecule is CC(CNC(C)c1cccc([N+](=O)[O-])c1)NC(=O)OC(C)(C)C. The summed E-state index contributed by atoms with van der Waals surface area (Å²) in [6.07, 6.45) is -0.463. The number of nitro benzene ring substituents is 1. The van der Waals surface area contributed by atoms with Crippen molar-refractivity contribution in [1.82, 2.24) is 10.6 Å². The molecule has 1 amide bonds. The molecule has 1 aromatic rings. The van der Waals surface area contributed by atoms with E-state index < -0.39 is 16.6 Å². The number of amides is 1. The van der Waals surface area contributed by atoms with Gasteiger partial charge in [-0.3, -0.25) is 10.1 Å². The minimum Gasteiger partial charge on any atom is -0.444 e. The second-order valence-electron chi connectivity index (χ2n) is 6.53. The van der Waals surface area contributed by atoms with E-state index >= 15 is 0 Å². The number of non-ortho nitro benzene ring substituents is 1. The van der Waals surface area contributed by atoms with Crippen molar-refractivity contribution in [1.29, 1.82) is 0 Å². The summed E-state index contributed by atoms with van der Waals surface area (Å²) in [4.78, 5) is 22.1. The van der Waals surface area contributed by atoms with E-state index in [9.17, 15) is 14.9 Å². The van der Waals surface area contributed by atoms with Crippen LogP contribution in [0.4, 0.5) is 10.5 Å². The largest absolute Gasteiger partial charge is 0.444 e. The summed E-state index contributed by atoms with van der Waals surface area (Å²) in [5, 5.41) is 16.8. The Balaban J connectivity index is 2.49. The van der Waals surface area contributed by atoms with Gasteiger partial charge in [-0.2, -0.15) is 0 Å². The van der Waals surface area contributed by atoms with Gasteiger partial charge in [-0.05, 0) is 40.2 Å². The van der Waals surface area contributed by atoms with Crippen molar-refractivity contribution < 1.29 is 14.5 Å². The molecule has 0 aromatic heterocycles. The third kappa shape index (κ3) is 7.10. The highest BCUT2D eigenvalue weighted by Gasteiger charge is 2.18. The van der Waals surface area contributed by atoms with E-state index in [4.69, 9.17) is 4.74 Å². The van der Waals surface area contributed by atoms with Crippen molar-refractivity contribution in [3.8, 4) is 0 Å². The number of benzene rings is 1. The molecule has 7 nitrogen and oxygen atoms in total. The highest BCUT2D eigenvalue weighted by Crippen LogP contribution is 2.18. The second-order valence-corrected chi connectivity index (χ2v) is 6.53. The molecule has 0 aliphatic carbocycles. The van der Waals surface area contributed by atoms with Gasteiger partial charge < -0.3 is 15.4 Å². The Bertz CT molecular complexity index is 555. The number of carbonyl (C=O) groups excluding carboxylic acids is 1. The maximum absolute atomic E-state index is 11.7. The van der Waals surface area contributed by atoms with Gasteiger partial charge in [0.2, 0.25) is 0 Å². The third-order valence-electron chi connectivity index (χ3n) is 3.07. The standard InChI is InChI=1S/C16H25N3O4/c1-11(18-15(20)23-16(3,4)5)10-17-12(2)13-7-6-8-14(9-13)19(21)22/h6-9,11-12,17H,10H2,1-5H3,(H,18,20). The van der Waals surface area contributed by atoms with Gasteiger partial charge in [0.05, 0.1) is 4.92 Å². The van der Waals surface area contributed by atoms with Crippen LogP contribution in [0, 0.1) is 10.1 Å². The van der Waals surface area contributed by atoms with Gasteiger partial charge in [0.25, 0.3) is 5.69 Å². The average Bonchev–Trinajstić information content (AvgIpc) is 2.42. The molecule has 1 aromatic carbocycles. The number of ether oxygens (including phenoxy) is 1. The Hall–Kier alpha value is -2.15. The van der Waals surface area contributed by atoms with Gasteiger partial charge in [-0.15, -0.1) is 0 Å². The van der Waals surface area contributed by atoms with Crippen molar-refractivity contribution in [3.05, 3.63) is 39.9 Å². The number of nitrogens with zero attached hydrogens (tertiary/aromatic N) is 1. The first-order chi connectivity index (χ1) is 10.6. The number of carbonyl (C=O) groups is 1. The molecule has 128 valence electrons. The normalized spacial score (nSPS) is 14.0. The molecule has 23 heavy (non-hydrogen) atoms. The lowest BCUT2D eigenvalue weighted by Crippen LogP contribution is -2.43. The molecule has 0 aliphatic rings. The monoisotopic (exact) mass is 323 g/mol. The third-order valence-corrected chi connectivity index (χ3v) is 3.07. The predicted octanol–water partition coefficient (Wildman–Crippen LogP) is 3.16. The summed E-state index contributed by atoms with van der Waals surface area (Å²) >= 11 is 0. The lowest BCUT2D eigenvalue weighted by Gasteiger charge is -2.23. The van der Waals surface area contributed by atoms with Gasteiger partial charge in [-0.25, -0.2) is 4.79 Å². The zero-order valence-electron chi connectivity index (χ0n) is 14.3. The second kappa shape index (κ2) is 7.92. The summed E-state index contributed by atoms with van der Waals surface area (Å²) in [6, 6.07) is 6.29. The van der Waals surface area contributed by atoms with Crippen LogP contribution in [0.2, 0.25) is 0 Å². The maximum atomic E-state index is 11.7. The number of hydrogen-bond donors (Lipinski definition) is 2. The Kier molecular flexibility index (Phi) is 6.50. The summed E-state index contributed by atoms with van der Waals surface area (Å²) in [7, 11) is 0. The van der Waals surface area contributed by atoms with Gasteiger partial charge in [0.1, 0.15) is 5.60 Å². The molecule has 0 bridgehead atoms. The number of rotatable bonds is 6. The Morgan fingerprint density at radius 2 is 2.00 bits per heavy atom. The number of alkyl carbamates (subject to hydrolysis) is 1. The van der Waals surface area contributed by atoms with Crippen LogP contribution in [0.1, 0.15) is 46.2 Å². The lowest BCUT2D eigenvalue weighted by atomic mass is 10.1. The number of hydrogen-bond acceptors (Lipinski definition) is 5. The molecule has 0 fully saturated rings. The summed E-state index contributed by atoms with van der Waals surface area (Å²) < 4.78 is 5.19. The Labute approximate surface area is 136 Å². The molecule has 0 heterocycles. The van der Waals surface area contributed by atoms with Crippen LogP contribution in [0.5, 0.6) is 0 Å². The van der Waals surface area contributed by atoms with Crippen LogP contribution < -0.4 is 10.6 Å². The first-order valence-corrected chi connectivity index (χ1v) is 7.56. The van der Waals surface area contributed by atoms with Crippen LogP contribution >= 0.6 is 0 Å². The van der Waals surface area contributed by atoms with E-state index in [0.717, 1.165) is 5.56 Å². The van der Waals surface area contributed by atoms with Crippen LogP contribution in [0.25, 0.3) is 0 Å². The van der Waals surface area contributed by atoms with Crippen LogP contribution in [-0.2, 0) is 4.74 Å². The average molecular weight is 323 g/mol. The Morgan fingerprint density at radius 1 is 1.35 bits per heavy atom. The maximum Gasteiger partial charge on any atom is 0.407 e. The lowest BCUT2D eigenvalue weighted by molar-refractivity contribution is -0.384. The predicted molar refractivity (Wildman–Crippen MR) is 88.3 cm³/mol. The number of nitro groups is 1. The van der Waals surface area contributed by atoms with Crippen molar-refractivity contribution in [3.63, 3.8) is 0 Å². The molecule has 7 heteroatoms. The molecule has 2 atom stereocenters. The molecular formula is C16H25N3O4. The summed E-state index contributed by atoms with van der Waals surface area (Å²) in [5.74, 6) is 0. The van der Waals surface area contributed by atoms with Crippen molar-refractivity contribution in [2.24, 2.45) is 0 Å². The van der Waals surface area contributed by atoms with Gasteiger partial charge in [0.15, 0.2) is 0 Å². The highest BCUT2D eigenvalue weighted by molar-refractivity contribution is 5.68. The fourth-order valence-corrected chi connectivity index (χ4v) is 1.94. The fourth-order valence-electron chi connectivity index (χ4n) is 1.94. The minimum atomic E-state index is -0.534. The van der Waals surface area contributed by atoms with E-state index in [1.54, 1.807) is 32.9 Å². The number of nitrogens with one attached hydrogen (secondary N) is 2. The molecular weight excluding hydrogens is 298 g/mol. The van der Waals surface area contributed by atoms with E-state index in [-0.39, 0.29) is 17.8 Å². The highest BCUT2D eigenvalue weighted by atomic mass is 16.6. The summed E-state index contributed by atoms with van der Waals surface area (Å²) in [5.41, 5.74) is 0.354. The molecule has 0 saturated heterocycles. The molecule has 1 rings (SSSR count). The fraction of sp³-hybridized carbons (Fsp3) is 0.562. The molecule has 2 N–H and O–H groups in total. The molecule has 0 saturated carbocycles. The molecule has 0 aliphatic heterocycles.